The van der Waals surface area contributed by atoms with Crippen molar-refractivity contribution in [3.8, 4) is 0 Å². The summed E-state index contributed by atoms with van der Waals surface area (Å²) in [7, 11) is 0. The van der Waals surface area contributed by atoms with Gasteiger partial charge in [0, 0.05) is 17.6 Å². The van der Waals surface area contributed by atoms with Crippen LogP contribution in [0.2, 0.25) is 0 Å². The van der Waals surface area contributed by atoms with Gasteiger partial charge in [0.2, 0.25) is 0 Å². The molecule has 1 aromatic heterocycles. The third kappa shape index (κ3) is 2.70. The lowest BCUT2D eigenvalue weighted by molar-refractivity contribution is 0.677. The summed E-state index contributed by atoms with van der Waals surface area (Å²) < 4.78 is 0. The minimum atomic E-state index is 0.928. The number of nitrogens with zero attached hydrogens (tertiary/aromatic N) is 1. The molecule has 1 heterocycles. The Morgan fingerprint density at radius 1 is 1.11 bits per heavy atom. The van der Waals surface area contributed by atoms with E-state index < -0.39 is 0 Å². The molecular weight excluding hydrogens is 220 g/mol. The second-order valence-corrected chi connectivity index (χ2v) is 5.08. The van der Waals surface area contributed by atoms with Crippen LogP contribution >= 0.6 is 0 Å². The van der Waals surface area contributed by atoms with Gasteiger partial charge in [-0.25, -0.2) is 0 Å². The van der Waals surface area contributed by atoms with E-state index in [1.54, 1.807) is 0 Å². The van der Waals surface area contributed by atoms with E-state index in [9.17, 15) is 0 Å². The Balaban J connectivity index is 2.50. The molecule has 2 rings (SSSR count). The Kier molecular flexibility index (Phi) is 3.97. The first-order valence-electron chi connectivity index (χ1n) is 6.70. The molecule has 0 aliphatic heterocycles. The topological polar surface area (TPSA) is 24.9 Å². The number of pyridine rings is 1. The summed E-state index contributed by atoms with van der Waals surface area (Å²) in [5.41, 5.74) is 6.20. The smallest absolute Gasteiger partial charge is 0.0713 e. The zero-order chi connectivity index (χ0) is 13.1. The van der Waals surface area contributed by atoms with Gasteiger partial charge < -0.3 is 5.32 Å². The van der Waals surface area contributed by atoms with Crippen LogP contribution in [0.25, 0.3) is 10.9 Å². The molecule has 0 spiro atoms. The maximum Gasteiger partial charge on any atom is 0.0713 e. The molecule has 96 valence electrons. The van der Waals surface area contributed by atoms with E-state index in [0.29, 0.717) is 0 Å². The quantitative estimate of drug-likeness (QED) is 0.828. The van der Waals surface area contributed by atoms with Crippen molar-refractivity contribution >= 4 is 10.9 Å². The number of hydrogen-bond donors (Lipinski definition) is 1. The molecule has 0 unspecified atom stereocenters. The van der Waals surface area contributed by atoms with Gasteiger partial charge in [0.1, 0.15) is 0 Å². The van der Waals surface area contributed by atoms with Crippen molar-refractivity contribution < 1.29 is 0 Å². The molecule has 0 aliphatic rings. The van der Waals surface area contributed by atoms with Crippen molar-refractivity contribution in [1.29, 1.82) is 0 Å². The van der Waals surface area contributed by atoms with Gasteiger partial charge in [-0.1, -0.05) is 13.0 Å². The Morgan fingerprint density at radius 2 is 1.89 bits per heavy atom. The molecular formula is C16H22N2. The molecule has 1 N–H and O–H groups in total. The van der Waals surface area contributed by atoms with Gasteiger partial charge in [0.25, 0.3) is 0 Å². The SMILES string of the molecule is CCCNCc1cc(C)nc2cc(C)cc(C)c12. The number of aryl methyl sites for hydroxylation is 3. The van der Waals surface area contributed by atoms with Crippen LogP contribution in [0.15, 0.2) is 18.2 Å². The Labute approximate surface area is 109 Å². The van der Waals surface area contributed by atoms with Crippen molar-refractivity contribution in [2.75, 3.05) is 6.54 Å². The molecule has 1 aromatic carbocycles. The fraction of sp³-hybridized carbons (Fsp3) is 0.438. The summed E-state index contributed by atoms with van der Waals surface area (Å²) in [4.78, 5) is 4.66. The van der Waals surface area contributed by atoms with Gasteiger partial charge in [0.15, 0.2) is 0 Å². The first-order valence-corrected chi connectivity index (χ1v) is 6.70. The standard InChI is InChI=1S/C16H22N2/c1-5-6-17-10-14-9-13(4)18-15-8-11(2)7-12(3)16(14)15/h7-9,17H,5-6,10H2,1-4H3. The van der Waals surface area contributed by atoms with Gasteiger partial charge in [-0.15, -0.1) is 0 Å². The number of hydrogen-bond acceptors (Lipinski definition) is 2. The first-order chi connectivity index (χ1) is 8.61. The molecule has 0 fully saturated rings. The molecule has 18 heavy (non-hydrogen) atoms. The fourth-order valence-electron chi connectivity index (χ4n) is 2.54. The molecule has 0 aliphatic carbocycles. The summed E-state index contributed by atoms with van der Waals surface area (Å²) in [5.74, 6) is 0. The third-order valence-corrected chi connectivity index (χ3v) is 3.20. The van der Waals surface area contributed by atoms with E-state index in [-0.39, 0.29) is 0 Å². The van der Waals surface area contributed by atoms with Gasteiger partial charge in [-0.3, -0.25) is 4.98 Å². The molecule has 0 bridgehead atoms. The van der Waals surface area contributed by atoms with E-state index in [1.165, 1.54) is 28.5 Å². The van der Waals surface area contributed by atoms with E-state index >= 15 is 0 Å². The normalized spacial score (nSPS) is 11.1. The lowest BCUT2D eigenvalue weighted by Gasteiger charge is -2.12. The highest BCUT2D eigenvalue weighted by atomic mass is 14.8. The summed E-state index contributed by atoms with van der Waals surface area (Å²) in [6.45, 7) is 10.6. The largest absolute Gasteiger partial charge is 0.313 e. The first kappa shape index (κ1) is 13.0. The van der Waals surface area contributed by atoms with Gasteiger partial charge in [0.05, 0.1) is 5.52 Å². The van der Waals surface area contributed by atoms with Crippen molar-refractivity contribution in [2.24, 2.45) is 0 Å². The van der Waals surface area contributed by atoms with Gasteiger partial charge in [-0.05, 0) is 62.6 Å². The average molecular weight is 242 g/mol. The summed E-state index contributed by atoms with van der Waals surface area (Å²) in [5, 5.41) is 4.80. The van der Waals surface area contributed by atoms with Crippen LogP contribution in [0.1, 0.15) is 35.7 Å². The zero-order valence-electron chi connectivity index (χ0n) is 11.8. The summed E-state index contributed by atoms with van der Waals surface area (Å²) in [6.07, 6.45) is 1.17. The predicted molar refractivity (Wildman–Crippen MR) is 78.0 cm³/mol. The van der Waals surface area contributed by atoms with E-state index in [2.05, 4.69) is 56.2 Å². The minimum Gasteiger partial charge on any atom is -0.313 e. The molecule has 0 amide bonds. The van der Waals surface area contributed by atoms with Crippen LogP contribution in [0.5, 0.6) is 0 Å². The molecule has 2 heteroatoms. The maximum absolute atomic E-state index is 4.66. The number of benzene rings is 1. The van der Waals surface area contributed by atoms with Crippen LogP contribution in [-0.4, -0.2) is 11.5 Å². The summed E-state index contributed by atoms with van der Waals surface area (Å²) >= 11 is 0. The molecule has 2 nitrogen and oxygen atoms in total. The molecule has 0 radical (unpaired) electrons. The van der Waals surface area contributed by atoms with E-state index in [0.717, 1.165) is 24.3 Å². The highest BCUT2D eigenvalue weighted by Crippen LogP contribution is 2.23. The van der Waals surface area contributed by atoms with Crippen LogP contribution < -0.4 is 5.32 Å². The highest BCUT2D eigenvalue weighted by molar-refractivity contribution is 5.86. The lowest BCUT2D eigenvalue weighted by atomic mass is 10.0. The fourth-order valence-corrected chi connectivity index (χ4v) is 2.54. The van der Waals surface area contributed by atoms with Crippen LogP contribution in [0.4, 0.5) is 0 Å². The van der Waals surface area contributed by atoms with Crippen LogP contribution in [-0.2, 0) is 6.54 Å². The number of rotatable bonds is 4. The van der Waals surface area contributed by atoms with Gasteiger partial charge >= 0.3 is 0 Å². The predicted octanol–water partition coefficient (Wildman–Crippen LogP) is 3.66. The van der Waals surface area contributed by atoms with Crippen molar-refractivity contribution in [2.45, 2.75) is 40.7 Å². The average Bonchev–Trinajstić information content (AvgIpc) is 2.27. The second-order valence-electron chi connectivity index (χ2n) is 5.08. The monoisotopic (exact) mass is 242 g/mol. The number of aromatic nitrogens is 1. The second kappa shape index (κ2) is 5.49. The number of fused-ring (bicyclic) bond motifs is 1. The molecule has 2 aromatic rings. The van der Waals surface area contributed by atoms with Crippen molar-refractivity contribution in [1.82, 2.24) is 10.3 Å². The van der Waals surface area contributed by atoms with Crippen LogP contribution in [0, 0.1) is 20.8 Å². The van der Waals surface area contributed by atoms with Gasteiger partial charge in [-0.2, -0.15) is 0 Å². The van der Waals surface area contributed by atoms with Crippen molar-refractivity contribution in [3.63, 3.8) is 0 Å². The van der Waals surface area contributed by atoms with Crippen LogP contribution in [0.3, 0.4) is 0 Å². The highest BCUT2D eigenvalue weighted by Gasteiger charge is 2.07. The molecule has 0 saturated heterocycles. The molecule has 0 atom stereocenters. The van der Waals surface area contributed by atoms with E-state index in [1.807, 2.05) is 0 Å². The Morgan fingerprint density at radius 3 is 2.61 bits per heavy atom. The maximum atomic E-state index is 4.66. The summed E-state index contributed by atoms with van der Waals surface area (Å²) in [6, 6.07) is 6.62. The van der Waals surface area contributed by atoms with E-state index in [4.69, 9.17) is 0 Å². The minimum absolute atomic E-state index is 0.928. The molecule has 0 saturated carbocycles. The number of nitrogens with one attached hydrogen (secondary N) is 1. The van der Waals surface area contributed by atoms with Crippen molar-refractivity contribution in [3.05, 3.63) is 40.6 Å². The third-order valence-electron chi connectivity index (χ3n) is 3.20. The lowest BCUT2D eigenvalue weighted by Crippen LogP contribution is -2.14. The Hall–Kier alpha value is -1.41. The Bertz CT molecular complexity index is 553. The zero-order valence-corrected chi connectivity index (χ0v) is 11.8.